The first-order valence-corrected chi connectivity index (χ1v) is 6.84. The van der Waals surface area contributed by atoms with Crippen LogP contribution in [0.5, 0.6) is 0 Å². The Hall–Kier alpha value is -1.28. The van der Waals surface area contributed by atoms with E-state index in [2.05, 4.69) is 44.3 Å². The zero-order chi connectivity index (χ0) is 13.1. The van der Waals surface area contributed by atoms with Crippen molar-refractivity contribution < 1.29 is 4.42 Å². The zero-order valence-corrected chi connectivity index (χ0v) is 11.8. The second-order valence-electron chi connectivity index (χ2n) is 5.26. The van der Waals surface area contributed by atoms with Crippen molar-refractivity contribution in [2.45, 2.75) is 39.7 Å². The Morgan fingerprint density at radius 1 is 1.22 bits per heavy atom. The van der Waals surface area contributed by atoms with Crippen LogP contribution >= 0.6 is 0 Å². The molecule has 0 aliphatic carbocycles. The normalized spacial score (nSPS) is 13.4. The third-order valence-corrected chi connectivity index (χ3v) is 3.44. The number of aryl methyl sites for hydroxylation is 1. The number of hydrogen-bond donors (Lipinski definition) is 1. The van der Waals surface area contributed by atoms with E-state index in [0.717, 1.165) is 24.2 Å². The van der Waals surface area contributed by atoms with Gasteiger partial charge in [-0.05, 0) is 25.5 Å². The number of fused-ring (bicyclic) bond motifs is 1. The molecule has 0 spiro atoms. The van der Waals surface area contributed by atoms with Gasteiger partial charge in [0.25, 0.3) is 0 Å². The average molecular weight is 245 g/mol. The number of hydrogen-bond acceptors (Lipinski definition) is 2. The fraction of sp³-hybridized carbons (Fsp3) is 0.500. The number of nitrogens with one attached hydrogen (secondary N) is 1. The summed E-state index contributed by atoms with van der Waals surface area (Å²) in [6, 6.07) is 8.72. The van der Waals surface area contributed by atoms with Crippen LogP contribution in [0.4, 0.5) is 0 Å². The second-order valence-corrected chi connectivity index (χ2v) is 5.26. The van der Waals surface area contributed by atoms with Crippen molar-refractivity contribution in [3.63, 3.8) is 0 Å². The largest absolute Gasteiger partial charge is 0.461 e. The maximum absolute atomic E-state index is 5.97. The maximum atomic E-state index is 5.97. The summed E-state index contributed by atoms with van der Waals surface area (Å²) >= 11 is 0. The topological polar surface area (TPSA) is 25.2 Å². The van der Waals surface area contributed by atoms with E-state index >= 15 is 0 Å². The first-order valence-electron chi connectivity index (χ1n) is 6.84. The summed E-state index contributed by atoms with van der Waals surface area (Å²) in [6.45, 7) is 6.68. The molecule has 1 atom stereocenters. The maximum Gasteiger partial charge on any atom is 0.134 e. The molecule has 2 aromatic rings. The molecule has 0 fully saturated rings. The van der Waals surface area contributed by atoms with Gasteiger partial charge in [-0.25, -0.2) is 0 Å². The molecule has 0 radical (unpaired) electrons. The van der Waals surface area contributed by atoms with Crippen molar-refractivity contribution in [1.82, 2.24) is 5.32 Å². The molecular formula is C16H23NO. The van der Waals surface area contributed by atoms with E-state index in [9.17, 15) is 0 Å². The lowest BCUT2D eigenvalue weighted by atomic mass is 9.94. The summed E-state index contributed by atoms with van der Waals surface area (Å²) in [4.78, 5) is 0. The van der Waals surface area contributed by atoms with Gasteiger partial charge in [-0.15, -0.1) is 0 Å². The lowest BCUT2D eigenvalue weighted by Crippen LogP contribution is -2.19. The van der Waals surface area contributed by atoms with Gasteiger partial charge in [0.15, 0.2) is 0 Å². The fourth-order valence-corrected chi connectivity index (χ4v) is 2.61. The number of para-hydroxylation sites is 1. The van der Waals surface area contributed by atoms with Gasteiger partial charge >= 0.3 is 0 Å². The van der Waals surface area contributed by atoms with Crippen LogP contribution in [0.3, 0.4) is 0 Å². The number of rotatable bonds is 5. The van der Waals surface area contributed by atoms with Gasteiger partial charge in [-0.2, -0.15) is 0 Å². The van der Waals surface area contributed by atoms with Crippen LogP contribution in [-0.4, -0.2) is 7.05 Å². The minimum absolute atomic E-state index is 0.378. The number of benzene rings is 1. The Kier molecular flexibility index (Phi) is 4.07. The summed E-state index contributed by atoms with van der Waals surface area (Å²) in [5, 5.41) is 4.70. The molecule has 0 saturated carbocycles. The molecule has 1 heterocycles. The van der Waals surface area contributed by atoms with E-state index in [1.54, 1.807) is 0 Å². The number of furan rings is 1. The predicted molar refractivity (Wildman–Crippen MR) is 76.8 cm³/mol. The van der Waals surface area contributed by atoms with Crippen LogP contribution in [0.2, 0.25) is 0 Å². The minimum Gasteiger partial charge on any atom is -0.461 e. The van der Waals surface area contributed by atoms with E-state index in [1.807, 2.05) is 13.1 Å². The molecule has 0 aliphatic rings. The molecule has 1 aromatic heterocycles. The molecule has 2 nitrogen and oxygen atoms in total. The third-order valence-electron chi connectivity index (χ3n) is 3.44. The smallest absolute Gasteiger partial charge is 0.134 e. The standard InChI is InChI=1S/C16H23NO/c1-5-14-16(13(17-4)10-11(2)3)12-8-6-7-9-15(12)18-14/h6-9,11,13,17H,5,10H2,1-4H3. The average Bonchev–Trinajstić information content (AvgIpc) is 2.74. The molecule has 2 heteroatoms. The van der Waals surface area contributed by atoms with Gasteiger partial charge in [0.2, 0.25) is 0 Å². The van der Waals surface area contributed by atoms with Crippen molar-refractivity contribution in [3.05, 3.63) is 35.6 Å². The third kappa shape index (κ3) is 2.44. The van der Waals surface area contributed by atoms with E-state index in [-0.39, 0.29) is 0 Å². The molecule has 0 aliphatic heterocycles. The predicted octanol–water partition coefficient (Wildman–Crippen LogP) is 4.30. The first-order chi connectivity index (χ1) is 8.67. The monoisotopic (exact) mass is 245 g/mol. The van der Waals surface area contributed by atoms with E-state index in [1.165, 1.54) is 10.9 Å². The summed E-state index contributed by atoms with van der Waals surface area (Å²) in [6.07, 6.45) is 2.08. The summed E-state index contributed by atoms with van der Waals surface area (Å²) in [7, 11) is 2.04. The zero-order valence-electron chi connectivity index (χ0n) is 11.8. The molecule has 1 aromatic carbocycles. The highest BCUT2D eigenvalue weighted by Crippen LogP contribution is 2.33. The molecule has 0 saturated heterocycles. The van der Waals surface area contributed by atoms with Gasteiger partial charge < -0.3 is 9.73 Å². The summed E-state index contributed by atoms with van der Waals surface area (Å²) in [5.74, 6) is 1.79. The molecule has 2 rings (SSSR count). The van der Waals surface area contributed by atoms with Crippen molar-refractivity contribution in [1.29, 1.82) is 0 Å². The highest BCUT2D eigenvalue weighted by molar-refractivity contribution is 5.82. The molecule has 0 bridgehead atoms. The van der Waals surface area contributed by atoms with Crippen LogP contribution in [-0.2, 0) is 6.42 Å². The molecular weight excluding hydrogens is 222 g/mol. The van der Waals surface area contributed by atoms with Gasteiger partial charge in [0, 0.05) is 23.4 Å². The van der Waals surface area contributed by atoms with Gasteiger partial charge in [-0.1, -0.05) is 39.0 Å². The van der Waals surface area contributed by atoms with Gasteiger partial charge in [0.05, 0.1) is 0 Å². The Bertz CT molecular complexity index is 513. The van der Waals surface area contributed by atoms with Crippen LogP contribution < -0.4 is 5.32 Å². The molecule has 1 N–H and O–H groups in total. The summed E-state index contributed by atoms with van der Waals surface area (Å²) < 4.78 is 5.97. The molecule has 1 unspecified atom stereocenters. The Morgan fingerprint density at radius 2 is 1.94 bits per heavy atom. The molecule has 98 valence electrons. The lowest BCUT2D eigenvalue weighted by Gasteiger charge is -2.18. The Morgan fingerprint density at radius 3 is 2.56 bits per heavy atom. The fourth-order valence-electron chi connectivity index (χ4n) is 2.61. The quantitative estimate of drug-likeness (QED) is 0.849. The van der Waals surface area contributed by atoms with Crippen LogP contribution in [0.15, 0.2) is 28.7 Å². The SMILES string of the molecule is CCc1oc2ccccc2c1C(CC(C)C)NC. The van der Waals surface area contributed by atoms with Crippen molar-refractivity contribution in [2.75, 3.05) is 7.05 Å². The van der Waals surface area contributed by atoms with Crippen molar-refractivity contribution in [3.8, 4) is 0 Å². The van der Waals surface area contributed by atoms with Gasteiger partial charge in [-0.3, -0.25) is 0 Å². The second kappa shape index (κ2) is 5.57. The van der Waals surface area contributed by atoms with E-state index < -0.39 is 0 Å². The van der Waals surface area contributed by atoms with Crippen molar-refractivity contribution in [2.24, 2.45) is 5.92 Å². The van der Waals surface area contributed by atoms with Gasteiger partial charge in [0.1, 0.15) is 11.3 Å². The van der Waals surface area contributed by atoms with Crippen LogP contribution in [0.25, 0.3) is 11.0 Å². The van der Waals surface area contributed by atoms with Crippen molar-refractivity contribution >= 4 is 11.0 Å². The lowest BCUT2D eigenvalue weighted by molar-refractivity contribution is 0.445. The first kappa shape index (κ1) is 13.2. The van der Waals surface area contributed by atoms with Crippen LogP contribution in [0, 0.1) is 5.92 Å². The van der Waals surface area contributed by atoms with E-state index in [4.69, 9.17) is 4.42 Å². The highest BCUT2D eigenvalue weighted by atomic mass is 16.3. The highest BCUT2D eigenvalue weighted by Gasteiger charge is 2.21. The Labute approximate surface area is 109 Å². The minimum atomic E-state index is 0.378. The molecule has 0 amide bonds. The molecule has 18 heavy (non-hydrogen) atoms. The summed E-state index contributed by atoms with van der Waals surface area (Å²) in [5.41, 5.74) is 2.36. The van der Waals surface area contributed by atoms with E-state index in [0.29, 0.717) is 12.0 Å². The Balaban J connectivity index is 2.52. The van der Waals surface area contributed by atoms with Crippen LogP contribution in [0.1, 0.15) is 44.6 Å².